The summed E-state index contributed by atoms with van der Waals surface area (Å²) < 4.78 is 2.08. The summed E-state index contributed by atoms with van der Waals surface area (Å²) in [6.07, 6.45) is 9.20. The monoisotopic (exact) mass is 530 g/mol. The van der Waals surface area contributed by atoms with Crippen LogP contribution in [0.5, 0.6) is 0 Å². The fraction of sp³-hybridized carbons (Fsp3) is 0.500. The van der Waals surface area contributed by atoms with E-state index in [9.17, 15) is 5.26 Å². The molecule has 0 saturated heterocycles. The molecule has 1 aliphatic carbocycles. The lowest BCUT2D eigenvalue weighted by Gasteiger charge is -2.38. The first-order chi connectivity index (χ1) is 14.5. The third-order valence-electron chi connectivity index (χ3n) is 6.67. The van der Waals surface area contributed by atoms with Gasteiger partial charge in [0, 0.05) is 15.5 Å². The van der Waals surface area contributed by atoms with Gasteiger partial charge in [0.25, 0.3) is 0 Å². The first-order valence-electron chi connectivity index (χ1n) is 11.1. The Morgan fingerprint density at radius 3 is 2.40 bits per heavy atom. The summed E-state index contributed by atoms with van der Waals surface area (Å²) in [4.78, 5) is 2.41. The van der Waals surface area contributed by atoms with E-state index in [0.717, 1.165) is 41.3 Å². The van der Waals surface area contributed by atoms with Crippen LogP contribution in [0.15, 0.2) is 57.5 Å². The highest BCUT2D eigenvalue weighted by molar-refractivity contribution is 9.13. The van der Waals surface area contributed by atoms with Crippen molar-refractivity contribution < 1.29 is 0 Å². The van der Waals surface area contributed by atoms with E-state index in [4.69, 9.17) is 0 Å². The van der Waals surface area contributed by atoms with Crippen molar-refractivity contribution in [2.45, 2.75) is 56.8 Å². The van der Waals surface area contributed by atoms with Gasteiger partial charge in [-0.25, -0.2) is 0 Å². The molecule has 0 radical (unpaired) electrons. The molecule has 160 valence electrons. The van der Waals surface area contributed by atoms with Crippen molar-refractivity contribution >= 4 is 31.9 Å². The van der Waals surface area contributed by atoms with Crippen LogP contribution in [0, 0.1) is 17.2 Å². The van der Waals surface area contributed by atoms with Gasteiger partial charge in [0.2, 0.25) is 0 Å². The first kappa shape index (κ1) is 23.5. The van der Waals surface area contributed by atoms with E-state index in [1.165, 1.54) is 43.2 Å². The third-order valence-corrected chi connectivity index (χ3v) is 8.55. The van der Waals surface area contributed by atoms with Gasteiger partial charge in [0.15, 0.2) is 0 Å². The number of benzene rings is 2. The molecule has 1 fully saturated rings. The maximum Gasteiger partial charge on any atom is 0.0851 e. The van der Waals surface area contributed by atoms with Gasteiger partial charge in [-0.2, -0.15) is 5.26 Å². The van der Waals surface area contributed by atoms with Crippen molar-refractivity contribution in [3.05, 3.63) is 68.6 Å². The average molecular weight is 532 g/mol. The van der Waals surface area contributed by atoms with Crippen molar-refractivity contribution in [2.24, 2.45) is 5.92 Å². The Bertz CT molecular complexity index is 840. The first-order valence-corrected chi connectivity index (χ1v) is 12.7. The number of likely N-dealkylation sites (N-methyl/N-ethyl adjacent to an activating group) is 1. The maximum atomic E-state index is 10.5. The van der Waals surface area contributed by atoms with Crippen LogP contribution in [-0.2, 0) is 11.8 Å². The highest BCUT2D eigenvalue weighted by atomic mass is 79.9. The maximum absolute atomic E-state index is 10.5. The molecule has 4 heteroatoms. The molecule has 0 amide bonds. The quantitative estimate of drug-likeness (QED) is 0.334. The molecule has 30 heavy (non-hydrogen) atoms. The molecule has 3 rings (SSSR count). The van der Waals surface area contributed by atoms with Crippen LogP contribution < -0.4 is 0 Å². The minimum Gasteiger partial charge on any atom is -0.306 e. The Kier molecular flexibility index (Phi) is 8.98. The summed E-state index contributed by atoms with van der Waals surface area (Å²) in [5.41, 5.74) is 2.18. The van der Waals surface area contributed by atoms with Gasteiger partial charge in [-0.15, -0.1) is 0 Å². The van der Waals surface area contributed by atoms with Crippen molar-refractivity contribution in [2.75, 3.05) is 20.1 Å². The van der Waals surface area contributed by atoms with E-state index in [2.05, 4.69) is 98.4 Å². The molecule has 0 bridgehead atoms. The van der Waals surface area contributed by atoms with E-state index in [-0.39, 0.29) is 5.41 Å². The van der Waals surface area contributed by atoms with Crippen LogP contribution in [0.4, 0.5) is 0 Å². The zero-order valence-corrected chi connectivity index (χ0v) is 21.1. The molecule has 0 N–H and O–H groups in total. The normalized spacial score (nSPS) is 16.9. The number of hydrogen-bond donors (Lipinski definition) is 0. The van der Waals surface area contributed by atoms with Crippen molar-refractivity contribution in [1.29, 1.82) is 5.26 Å². The minimum absolute atomic E-state index is 0.385. The van der Waals surface area contributed by atoms with Crippen molar-refractivity contribution in [3.8, 4) is 6.07 Å². The Labute approximate surface area is 198 Å². The van der Waals surface area contributed by atoms with Crippen LogP contribution in [0.3, 0.4) is 0 Å². The second-order valence-electron chi connectivity index (χ2n) is 8.69. The molecule has 0 spiro atoms. The Morgan fingerprint density at radius 1 is 1.00 bits per heavy atom. The summed E-state index contributed by atoms with van der Waals surface area (Å²) in [6, 6.07) is 19.9. The fourth-order valence-electron chi connectivity index (χ4n) is 4.87. The zero-order chi connectivity index (χ0) is 21.4. The van der Waals surface area contributed by atoms with Gasteiger partial charge in [-0.1, -0.05) is 55.7 Å². The largest absolute Gasteiger partial charge is 0.306 e. The lowest BCUT2D eigenvalue weighted by molar-refractivity contribution is 0.224. The van der Waals surface area contributed by atoms with Gasteiger partial charge in [0.1, 0.15) is 0 Å². The van der Waals surface area contributed by atoms with E-state index in [1.807, 2.05) is 0 Å². The van der Waals surface area contributed by atoms with Crippen LogP contribution in [0.2, 0.25) is 0 Å². The Morgan fingerprint density at radius 2 is 1.73 bits per heavy atom. The number of hydrogen-bond acceptors (Lipinski definition) is 2. The predicted molar refractivity (Wildman–Crippen MR) is 133 cm³/mol. The average Bonchev–Trinajstić information content (AvgIpc) is 2.79. The van der Waals surface area contributed by atoms with Crippen LogP contribution in [-0.4, -0.2) is 25.0 Å². The summed E-state index contributed by atoms with van der Waals surface area (Å²) in [5.74, 6) is 0.457. The SMILES string of the molecule is CN(CCCC(C#N)(c1ccc(Br)c(Br)c1)C1CCCCC1)CCc1ccccc1. The smallest absolute Gasteiger partial charge is 0.0851 e. The number of nitriles is 1. The minimum atomic E-state index is -0.385. The molecule has 0 heterocycles. The standard InChI is InChI=1S/C26H32Br2N2/c1-30(18-15-21-9-4-2-5-10-21)17-8-16-26(20-29,22-11-6-3-7-12-22)23-13-14-24(27)25(28)19-23/h2,4-5,9-10,13-14,19,22H,3,6-8,11-12,15-18H2,1H3. The molecule has 1 atom stereocenters. The van der Waals surface area contributed by atoms with Gasteiger partial charge in [-0.3, -0.25) is 0 Å². The highest BCUT2D eigenvalue weighted by Crippen LogP contribution is 2.45. The second kappa shape index (κ2) is 11.5. The fourth-order valence-corrected chi connectivity index (χ4v) is 5.49. The number of halogens is 2. The zero-order valence-electron chi connectivity index (χ0n) is 17.9. The van der Waals surface area contributed by atoms with Crippen LogP contribution in [0.25, 0.3) is 0 Å². The molecule has 2 aromatic carbocycles. The molecular formula is C26H32Br2N2. The van der Waals surface area contributed by atoms with Crippen LogP contribution >= 0.6 is 31.9 Å². The van der Waals surface area contributed by atoms with Gasteiger partial charge in [-0.05, 0) is 107 Å². The molecule has 2 nitrogen and oxygen atoms in total. The molecule has 1 saturated carbocycles. The number of rotatable bonds is 9. The molecule has 1 unspecified atom stereocenters. The molecule has 0 aromatic heterocycles. The summed E-state index contributed by atoms with van der Waals surface area (Å²) >= 11 is 7.25. The summed E-state index contributed by atoms with van der Waals surface area (Å²) in [5, 5.41) is 10.5. The predicted octanol–water partition coefficient (Wildman–Crippen LogP) is 7.51. The van der Waals surface area contributed by atoms with E-state index in [0.29, 0.717) is 5.92 Å². The van der Waals surface area contributed by atoms with E-state index >= 15 is 0 Å². The van der Waals surface area contributed by atoms with Crippen LogP contribution in [0.1, 0.15) is 56.1 Å². The Balaban J connectivity index is 1.67. The summed E-state index contributed by atoms with van der Waals surface area (Å²) in [6.45, 7) is 2.08. The van der Waals surface area contributed by atoms with E-state index in [1.54, 1.807) is 0 Å². The lowest BCUT2D eigenvalue weighted by Crippen LogP contribution is -2.36. The topological polar surface area (TPSA) is 27.0 Å². The van der Waals surface area contributed by atoms with Crippen molar-refractivity contribution in [1.82, 2.24) is 4.90 Å². The van der Waals surface area contributed by atoms with Gasteiger partial charge in [0.05, 0.1) is 11.5 Å². The van der Waals surface area contributed by atoms with E-state index < -0.39 is 0 Å². The second-order valence-corrected chi connectivity index (χ2v) is 10.4. The molecule has 1 aliphatic rings. The molecular weight excluding hydrogens is 500 g/mol. The summed E-state index contributed by atoms with van der Waals surface area (Å²) in [7, 11) is 2.20. The molecule has 0 aliphatic heterocycles. The Hall–Kier alpha value is -1.15. The molecule has 2 aromatic rings. The third kappa shape index (κ3) is 5.96. The highest BCUT2D eigenvalue weighted by Gasteiger charge is 2.41. The van der Waals surface area contributed by atoms with Crippen molar-refractivity contribution in [3.63, 3.8) is 0 Å². The van der Waals surface area contributed by atoms with Gasteiger partial charge >= 0.3 is 0 Å². The number of nitrogens with zero attached hydrogens (tertiary/aromatic N) is 2. The van der Waals surface area contributed by atoms with Gasteiger partial charge < -0.3 is 4.90 Å². The lowest BCUT2D eigenvalue weighted by atomic mass is 9.63.